The molecule has 0 aliphatic rings. The van der Waals surface area contributed by atoms with E-state index in [1.807, 2.05) is 0 Å². The molecule has 0 saturated carbocycles. The summed E-state index contributed by atoms with van der Waals surface area (Å²) in [7, 11) is 0. The van der Waals surface area contributed by atoms with Gasteiger partial charge in [0, 0.05) is 6.04 Å². The molecule has 0 radical (unpaired) electrons. The first-order valence-electron chi connectivity index (χ1n) is 5.76. The molecule has 3 heteroatoms. The Morgan fingerprint density at radius 3 is 2.67 bits per heavy atom. The lowest BCUT2D eigenvalue weighted by atomic mass is 10.4. The molecule has 0 saturated heterocycles. The van der Waals surface area contributed by atoms with Gasteiger partial charge in [0.25, 0.3) is 0 Å². The molecule has 0 unspecified atom stereocenters. The van der Waals surface area contributed by atoms with Crippen molar-refractivity contribution in [3.8, 4) is 0 Å². The normalized spacial score (nSPS) is 12.7. The lowest BCUT2D eigenvalue weighted by molar-refractivity contribution is 0.232. The number of ether oxygens (including phenoxy) is 1. The summed E-state index contributed by atoms with van der Waals surface area (Å²) in [6, 6.07) is 0.470. The molecule has 0 aromatic rings. The summed E-state index contributed by atoms with van der Waals surface area (Å²) < 4.78 is 5.52. The van der Waals surface area contributed by atoms with E-state index in [0.717, 1.165) is 25.2 Å². The Balaban J connectivity index is 3.88. The molecule has 0 atom stereocenters. The van der Waals surface area contributed by atoms with Crippen molar-refractivity contribution in [2.45, 2.75) is 46.6 Å². The predicted molar refractivity (Wildman–Crippen MR) is 66.2 cm³/mol. The van der Waals surface area contributed by atoms with Crippen LogP contribution in [-0.4, -0.2) is 25.5 Å². The number of allylic oxidation sites excluding steroid dienone is 2. The number of rotatable bonds is 8. The average molecular weight is 212 g/mol. The molecule has 0 amide bonds. The summed E-state index contributed by atoms with van der Waals surface area (Å²) in [6.45, 7) is 9.80. The smallest absolute Gasteiger partial charge is 0.133 e. The van der Waals surface area contributed by atoms with Gasteiger partial charge in [0.05, 0.1) is 19.5 Å². The predicted octanol–water partition coefficient (Wildman–Crippen LogP) is 2.73. The van der Waals surface area contributed by atoms with Gasteiger partial charge in [-0.2, -0.15) is 0 Å². The van der Waals surface area contributed by atoms with Gasteiger partial charge in [-0.1, -0.05) is 13.8 Å². The van der Waals surface area contributed by atoms with Crippen molar-refractivity contribution in [3.05, 3.63) is 11.8 Å². The molecule has 0 heterocycles. The van der Waals surface area contributed by atoms with Gasteiger partial charge >= 0.3 is 0 Å². The summed E-state index contributed by atoms with van der Waals surface area (Å²) in [5, 5.41) is 3.22. The van der Waals surface area contributed by atoms with Crippen LogP contribution in [0.25, 0.3) is 0 Å². The van der Waals surface area contributed by atoms with E-state index in [1.165, 1.54) is 0 Å². The van der Waals surface area contributed by atoms with Crippen LogP contribution in [0, 0.1) is 0 Å². The van der Waals surface area contributed by atoms with Crippen LogP contribution < -0.4 is 5.32 Å². The summed E-state index contributed by atoms with van der Waals surface area (Å²) in [4.78, 5) is 4.25. The van der Waals surface area contributed by atoms with Crippen molar-refractivity contribution < 1.29 is 4.74 Å². The van der Waals surface area contributed by atoms with Crippen LogP contribution in [0.2, 0.25) is 0 Å². The first-order chi connectivity index (χ1) is 7.20. The molecule has 0 bridgehead atoms. The van der Waals surface area contributed by atoms with E-state index in [-0.39, 0.29) is 0 Å². The summed E-state index contributed by atoms with van der Waals surface area (Å²) in [5.74, 6) is 0.880. The van der Waals surface area contributed by atoms with Crippen LogP contribution in [0.5, 0.6) is 0 Å². The minimum atomic E-state index is 0.470. The molecule has 1 N–H and O–H groups in total. The van der Waals surface area contributed by atoms with Gasteiger partial charge in [-0.15, -0.1) is 0 Å². The van der Waals surface area contributed by atoms with Gasteiger partial charge in [0.15, 0.2) is 0 Å². The first kappa shape index (κ1) is 14.2. The van der Waals surface area contributed by atoms with Gasteiger partial charge in [-0.05, 0) is 32.8 Å². The fourth-order valence-electron chi connectivity index (χ4n) is 0.941. The molecule has 0 rings (SSSR count). The third-order valence-electron chi connectivity index (χ3n) is 1.69. The van der Waals surface area contributed by atoms with Crippen molar-refractivity contribution in [1.29, 1.82) is 0 Å². The van der Waals surface area contributed by atoms with Crippen LogP contribution >= 0.6 is 0 Å². The summed E-state index contributed by atoms with van der Waals surface area (Å²) in [6.07, 6.45) is 5.85. The molecular weight excluding hydrogens is 188 g/mol. The molecular formula is C12H24N2O. The van der Waals surface area contributed by atoms with Gasteiger partial charge in [-0.3, -0.25) is 10.3 Å². The Morgan fingerprint density at radius 1 is 1.40 bits per heavy atom. The van der Waals surface area contributed by atoms with Crippen LogP contribution in [0.15, 0.2) is 16.8 Å². The van der Waals surface area contributed by atoms with E-state index >= 15 is 0 Å². The fourth-order valence-corrected chi connectivity index (χ4v) is 0.941. The lowest BCUT2D eigenvalue weighted by Gasteiger charge is -2.06. The Bertz CT molecular complexity index is 198. The molecule has 0 fully saturated rings. The van der Waals surface area contributed by atoms with Crippen LogP contribution in [-0.2, 0) is 4.74 Å². The Kier molecular flexibility index (Phi) is 9.18. The zero-order chi connectivity index (χ0) is 11.5. The summed E-state index contributed by atoms with van der Waals surface area (Å²) in [5.41, 5.74) is 0. The van der Waals surface area contributed by atoms with Gasteiger partial charge in [0.2, 0.25) is 0 Å². The zero-order valence-corrected chi connectivity index (χ0v) is 10.4. The Morgan fingerprint density at radius 2 is 2.13 bits per heavy atom. The van der Waals surface area contributed by atoms with E-state index < -0.39 is 0 Å². The lowest BCUT2D eigenvalue weighted by Crippen LogP contribution is -2.22. The third kappa shape index (κ3) is 9.47. The molecule has 88 valence electrons. The molecule has 0 aliphatic carbocycles. The zero-order valence-electron chi connectivity index (χ0n) is 10.4. The highest BCUT2D eigenvalue weighted by atomic mass is 16.5. The van der Waals surface area contributed by atoms with Crippen LogP contribution in [0.1, 0.15) is 40.5 Å². The number of nitrogens with one attached hydrogen (secondary N) is 1. The van der Waals surface area contributed by atoms with E-state index in [2.05, 4.69) is 44.1 Å². The first-order valence-corrected chi connectivity index (χ1v) is 5.76. The van der Waals surface area contributed by atoms with Crippen molar-refractivity contribution in [2.75, 3.05) is 13.3 Å². The number of hydrogen-bond acceptors (Lipinski definition) is 3. The highest BCUT2D eigenvalue weighted by molar-refractivity contribution is 5.75. The molecule has 0 aromatic heterocycles. The van der Waals surface area contributed by atoms with Crippen molar-refractivity contribution in [2.24, 2.45) is 4.99 Å². The van der Waals surface area contributed by atoms with Crippen molar-refractivity contribution in [3.63, 3.8) is 0 Å². The minimum Gasteiger partial charge on any atom is -0.492 e. The minimum absolute atomic E-state index is 0.470. The highest BCUT2D eigenvalue weighted by Crippen LogP contribution is 1.97. The monoisotopic (exact) mass is 212 g/mol. The van der Waals surface area contributed by atoms with Crippen LogP contribution in [0.4, 0.5) is 0 Å². The number of aliphatic imine (C=N–C) groups is 1. The topological polar surface area (TPSA) is 33.6 Å². The molecule has 0 aromatic carbocycles. The van der Waals surface area contributed by atoms with Crippen molar-refractivity contribution >= 4 is 6.21 Å². The summed E-state index contributed by atoms with van der Waals surface area (Å²) >= 11 is 0. The van der Waals surface area contributed by atoms with Gasteiger partial charge in [0.1, 0.15) is 5.76 Å². The largest absolute Gasteiger partial charge is 0.492 e. The second-order valence-corrected chi connectivity index (χ2v) is 3.69. The number of nitrogens with zero attached hydrogens (tertiary/aromatic N) is 1. The van der Waals surface area contributed by atoms with E-state index in [1.54, 1.807) is 6.21 Å². The average Bonchev–Trinajstić information content (AvgIpc) is 2.20. The van der Waals surface area contributed by atoms with Gasteiger partial charge in [-0.25, -0.2) is 0 Å². The maximum atomic E-state index is 5.52. The van der Waals surface area contributed by atoms with Gasteiger partial charge < -0.3 is 4.74 Å². The molecule has 0 aliphatic heterocycles. The Hall–Kier alpha value is -0.830. The SMILES string of the molecule is CC/C=C(\C=N/CNC(C)C)OCCC. The quantitative estimate of drug-likeness (QED) is 0.496. The maximum absolute atomic E-state index is 5.52. The van der Waals surface area contributed by atoms with Crippen LogP contribution in [0.3, 0.4) is 0 Å². The highest BCUT2D eigenvalue weighted by Gasteiger charge is 1.92. The second-order valence-electron chi connectivity index (χ2n) is 3.69. The fraction of sp³-hybridized carbons (Fsp3) is 0.750. The maximum Gasteiger partial charge on any atom is 0.133 e. The molecule has 0 spiro atoms. The van der Waals surface area contributed by atoms with Crippen molar-refractivity contribution in [1.82, 2.24) is 5.32 Å². The molecule has 15 heavy (non-hydrogen) atoms. The Labute approximate surface area is 93.6 Å². The van der Waals surface area contributed by atoms with E-state index in [0.29, 0.717) is 12.7 Å². The second kappa shape index (κ2) is 9.71. The molecule has 3 nitrogen and oxygen atoms in total. The number of hydrogen-bond donors (Lipinski definition) is 1. The third-order valence-corrected chi connectivity index (χ3v) is 1.69. The van der Waals surface area contributed by atoms with E-state index in [4.69, 9.17) is 4.74 Å². The standard InChI is InChI=1S/C12H24N2O/c1-5-7-12(15-8-6-2)9-13-10-14-11(3)4/h7,9,11,14H,5-6,8,10H2,1-4H3/b12-7+,13-9-. The van der Waals surface area contributed by atoms with E-state index in [9.17, 15) is 0 Å².